The number of aliphatic hydroxyl groups is 2. The molecule has 0 aromatic heterocycles. The largest absolute Gasteiger partial charge is 0.376 e. The molecule has 0 aromatic carbocycles. The molecule has 0 aliphatic carbocycles. The highest BCUT2D eigenvalue weighted by Gasteiger charge is 2.58. The van der Waals surface area contributed by atoms with Gasteiger partial charge in [0.25, 0.3) is 0 Å². The van der Waals surface area contributed by atoms with Gasteiger partial charge in [-0.15, -0.1) is 13.2 Å². The van der Waals surface area contributed by atoms with Crippen molar-refractivity contribution in [3.05, 3.63) is 25.3 Å². The molecule has 4 amide bonds. The van der Waals surface area contributed by atoms with Crippen molar-refractivity contribution in [3.8, 4) is 0 Å². The molecule has 2 atom stereocenters. The molecule has 0 bridgehead atoms. The van der Waals surface area contributed by atoms with Crippen molar-refractivity contribution in [1.82, 2.24) is 19.6 Å². The zero-order valence-corrected chi connectivity index (χ0v) is 11.1. The zero-order chi connectivity index (χ0) is 14.9. The number of nitrogens with zero attached hydrogens (tertiary/aromatic N) is 4. The predicted octanol–water partition coefficient (Wildman–Crippen LogP) is -0.615. The van der Waals surface area contributed by atoms with E-state index >= 15 is 0 Å². The topological polar surface area (TPSA) is 87.6 Å². The van der Waals surface area contributed by atoms with Gasteiger partial charge >= 0.3 is 12.1 Å². The Balaban J connectivity index is 2.41. The summed E-state index contributed by atoms with van der Waals surface area (Å²) in [6.45, 7) is 6.59. The number of aliphatic hydroxyl groups excluding tert-OH is 2. The molecule has 2 heterocycles. The second-order valence-corrected chi connectivity index (χ2v) is 4.50. The van der Waals surface area contributed by atoms with Crippen LogP contribution in [0.25, 0.3) is 0 Å². The van der Waals surface area contributed by atoms with E-state index in [4.69, 9.17) is 0 Å². The quantitative estimate of drug-likeness (QED) is 0.636. The number of amides is 4. The van der Waals surface area contributed by atoms with Gasteiger partial charge in [0.15, 0.2) is 12.3 Å². The number of fused-ring (bicyclic) bond motifs is 1. The average molecular weight is 282 g/mol. The van der Waals surface area contributed by atoms with E-state index in [9.17, 15) is 19.8 Å². The highest BCUT2D eigenvalue weighted by Crippen LogP contribution is 2.34. The van der Waals surface area contributed by atoms with Crippen LogP contribution in [0.15, 0.2) is 25.3 Å². The maximum Gasteiger partial charge on any atom is 0.325 e. The summed E-state index contributed by atoms with van der Waals surface area (Å²) in [4.78, 5) is 29.6. The van der Waals surface area contributed by atoms with Gasteiger partial charge in [0, 0.05) is 13.1 Å². The van der Waals surface area contributed by atoms with Crippen LogP contribution >= 0.6 is 0 Å². The second kappa shape index (κ2) is 5.51. The number of carbonyl (C=O) groups is 2. The minimum absolute atomic E-state index is 0.224. The van der Waals surface area contributed by atoms with Gasteiger partial charge < -0.3 is 10.2 Å². The predicted molar refractivity (Wildman–Crippen MR) is 70.0 cm³/mol. The molecule has 0 saturated carbocycles. The van der Waals surface area contributed by atoms with Crippen LogP contribution in [-0.4, -0.2) is 80.8 Å². The summed E-state index contributed by atoms with van der Waals surface area (Å²) in [7, 11) is 0. The molecule has 0 spiro atoms. The lowest BCUT2D eigenvalue weighted by atomic mass is 10.3. The van der Waals surface area contributed by atoms with Crippen molar-refractivity contribution in [2.24, 2.45) is 0 Å². The first kappa shape index (κ1) is 14.4. The molecule has 0 aromatic rings. The Hall–Kier alpha value is -2.06. The molecule has 2 saturated heterocycles. The number of carbonyl (C=O) groups excluding carboxylic acids is 2. The highest BCUT2D eigenvalue weighted by atomic mass is 16.3. The molecular weight excluding hydrogens is 264 g/mol. The van der Waals surface area contributed by atoms with Gasteiger partial charge in [-0.2, -0.15) is 0 Å². The normalized spacial score (nSPS) is 25.5. The molecule has 2 unspecified atom stereocenters. The minimum atomic E-state index is -0.648. The molecule has 2 rings (SSSR count). The SMILES string of the molecule is C=CCN1C(=O)N(CO)C2C1N(CO)C(=O)N2CC=C. The molecule has 2 aliphatic heterocycles. The van der Waals surface area contributed by atoms with Crippen molar-refractivity contribution in [2.45, 2.75) is 12.3 Å². The summed E-state index contributed by atoms with van der Waals surface area (Å²) < 4.78 is 0. The van der Waals surface area contributed by atoms with Crippen LogP contribution in [0.1, 0.15) is 0 Å². The van der Waals surface area contributed by atoms with E-state index < -0.39 is 37.9 Å². The van der Waals surface area contributed by atoms with E-state index in [1.807, 2.05) is 0 Å². The van der Waals surface area contributed by atoms with Crippen LogP contribution in [0, 0.1) is 0 Å². The molecule has 8 heteroatoms. The fraction of sp³-hybridized carbons (Fsp3) is 0.500. The second-order valence-electron chi connectivity index (χ2n) is 4.50. The lowest BCUT2D eigenvalue weighted by molar-refractivity contribution is 0.0522. The summed E-state index contributed by atoms with van der Waals surface area (Å²) in [5.41, 5.74) is 0. The fourth-order valence-corrected chi connectivity index (χ4v) is 2.70. The molecule has 8 nitrogen and oxygen atoms in total. The summed E-state index contributed by atoms with van der Waals surface area (Å²) in [6, 6.07) is -0.801. The molecule has 0 radical (unpaired) electrons. The lowest BCUT2D eigenvalue weighted by Crippen LogP contribution is -2.47. The first-order valence-electron chi connectivity index (χ1n) is 6.20. The molecule has 2 fully saturated rings. The average Bonchev–Trinajstić information content (AvgIpc) is 2.85. The zero-order valence-electron chi connectivity index (χ0n) is 11.1. The van der Waals surface area contributed by atoms with Gasteiger partial charge in [-0.25, -0.2) is 9.59 Å². The Morgan fingerprint density at radius 1 is 0.850 bits per heavy atom. The van der Waals surface area contributed by atoms with Crippen LogP contribution in [-0.2, 0) is 0 Å². The Labute approximate surface area is 116 Å². The number of urea groups is 2. The van der Waals surface area contributed by atoms with E-state index in [0.717, 1.165) is 0 Å². The van der Waals surface area contributed by atoms with E-state index in [-0.39, 0.29) is 13.1 Å². The van der Waals surface area contributed by atoms with E-state index in [2.05, 4.69) is 13.2 Å². The third-order valence-electron chi connectivity index (χ3n) is 3.48. The standard InChI is InChI=1S/C12H18N4O4/c1-3-5-13-9-10(16(8-18)11(13)19)14(6-4-2)12(20)15(9)7-17/h3-4,9-10,17-18H,1-2,5-8H2. The molecule has 20 heavy (non-hydrogen) atoms. The van der Waals surface area contributed by atoms with E-state index in [0.29, 0.717) is 0 Å². The van der Waals surface area contributed by atoms with Crippen LogP contribution in [0.5, 0.6) is 0 Å². The monoisotopic (exact) mass is 282 g/mol. The molecule has 110 valence electrons. The van der Waals surface area contributed by atoms with Gasteiger partial charge in [0.05, 0.1) is 0 Å². The maximum absolute atomic E-state index is 12.2. The molecular formula is C12H18N4O4. The minimum Gasteiger partial charge on any atom is -0.376 e. The van der Waals surface area contributed by atoms with Crippen molar-refractivity contribution in [3.63, 3.8) is 0 Å². The van der Waals surface area contributed by atoms with Crippen LogP contribution < -0.4 is 0 Å². The summed E-state index contributed by atoms with van der Waals surface area (Å²) in [5.74, 6) is 0. The number of rotatable bonds is 6. The van der Waals surface area contributed by atoms with Crippen LogP contribution in [0.2, 0.25) is 0 Å². The van der Waals surface area contributed by atoms with Gasteiger partial charge in [-0.05, 0) is 0 Å². The Morgan fingerprint density at radius 2 is 1.20 bits per heavy atom. The lowest BCUT2D eigenvalue weighted by Gasteiger charge is -2.27. The van der Waals surface area contributed by atoms with Crippen molar-refractivity contribution < 1.29 is 19.8 Å². The third-order valence-corrected chi connectivity index (χ3v) is 3.48. The Bertz CT molecular complexity index is 401. The van der Waals surface area contributed by atoms with Gasteiger partial charge in [-0.3, -0.25) is 19.6 Å². The van der Waals surface area contributed by atoms with Crippen LogP contribution in [0.4, 0.5) is 9.59 Å². The van der Waals surface area contributed by atoms with E-state index in [1.165, 1.54) is 31.8 Å². The van der Waals surface area contributed by atoms with Gasteiger partial charge in [-0.1, -0.05) is 12.2 Å². The summed E-state index contributed by atoms with van der Waals surface area (Å²) in [5, 5.41) is 18.8. The van der Waals surface area contributed by atoms with Gasteiger partial charge in [0.1, 0.15) is 13.5 Å². The third kappa shape index (κ3) is 1.84. The van der Waals surface area contributed by atoms with E-state index in [1.54, 1.807) is 0 Å². The highest BCUT2D eigenvalue weighted by molar-refractivity contribution is 5.85. The molecule has 2 aliphatic rings. The first-order valence-corrected chi connectivity index (χ1v) is 6.20. The Morgan fingerprint density at radius 3 is 1.45 bits per heavy atom. The number of hydrogen-bond donors (Lipinski definition) is 2. The van der Waals surface area contributed by atoms with Crippen molar-refractivity contribution >= 4 is 12.1 Å². The van der Waals surface area contributed by atoms with Crippen LogP contribution in [0.3, 0.4) is 0 Å². The number of hydrogen-bond acceptors (Lipinski definition) is 4. The van der Waals surface area contributed by atoms with Gasteiger partial charge in [0.2, 0.25) is 0 Å². The smallest absolute Gasteiger partial charge is 0.325 e. The summed E-state index contributed by atoms with van der Waals surface area (Å²) >= 11 is 0. The Kier molecular flexibility index (Phi) is 3.96. The van der Waals surface area contributed by atoms with Crippen molar-refractivity contribution in [2.75, 3.05) is 26.6 Å². The molecule has 2 N–H and O–H groups in total. The van der Waals surface area contributed by atoms with Crippen molar-refractivity contribution in [1.29, 1.82) is 0 Å². The fourth-order valence-electron chi connectivity index (χ4n) is 2.70. The summed E-state index contributed by atoms with van der Waals surface area (Å²) in [6.07, 6.45) is 1.77. The first-order chi connectivity index (χ1) is 9.62. The maximum atomic E-state index is 12.2.